The van der Waals surface area contributed by atoms with Crippen molar-refractivity contribution < 1.29 is 38.1 Å². The summed E-state index contributed by atoms with van der Waals surface area (Å²) in [5.41, 5.74) is 0. The minimum absolute atomic E-state index is 0.471. The average Bonchev–Trinajstić information content (AvgIpc) is 3.30. The molecular formula is C16H20O8. The molecular weight excluding hydrogens is 320 g/mol. The Kier molecular flexibility index (Phi) is 4.01. The number of ether oxygens (including phenoxy) is 4. The molecule has 4 aliphatic carbocycles. The van der Waals surface area contributed by atoms with Gasteiger partial charge >= 0.3 is 23.9 Å². The highest BCUT2D eigenvalue weighted by Crippen LogP contribution is 2.74. The Labute approximate surface area is 138 Å². The van der Waals surface area contributed by atoms with E-state index in [0.717, 1.165) is 0 Å². The van der Waals surface area contributed by atoms with E-state index in [0.29, 0.717) is 0 Å². The first-order chi connectivity index (χ1) is 11.4. The normalized spacial score (nSPS) is 41.2. The number of methoxy groups -OCH3 is 4. The molecule has 0 radical (unpaired) electrons. The molecule has 0 heterocycles. The van der Waals surface area contributed by atoms with Gasteiger partial charge in [-0.15, -0.1) is 0 Å². The molecule has 4 saturated carbocycles. The van der Waals surface area contributed by atoms with Gasteiger partial charge in [0.25, 0.3) is 0 Å². The second kappa shape index (κ2) is 5.75. The summed E-state index contributed by atoms with van der Waals surface area (Å²) in [4.78, 5) is 49.0. The molecule has 0 N–H and O–H groups in total. The van der Waals surface area contributed by atoms with E-state index in [1.807, 2.05) is 0 Å². The Morgan fingerprint density at radius 1 is 0.458 bits per heavy atom. The molecule has 0 saturated heterocycles. The molecule has 4 fully saturated rings. The lowest BCUT2D eigenvalue weighted by Crippen LogP contribution is -2.32. The summed E-state index contributed by atoms with van der Waals surface area (Å²) in [5, 5.41) is 0. The van der Waals surface area contributed by atoms with Crippen LogP contribution in [-0.2, 0) is 38.1 Å². The monoisotopic (exact) mass is 340 g/mol. The largest absolute Gasteiger partial charge is 0.469 e. The molecule has 8 heteroatoms. The quantitative estimate of drug-likeness (QED) is 0.505. The minimum Gasteiger partial charge on any atom is -0.469 e. The standard InChI is InChI=1S/C16H20O8/c1-21-13(17)9-5-8-11(15(19)23-3)6(9)7(10(5)14(18)22-2)12(8)16(20)24-4/h5-12H,1-4H3. The average molecular weight is 340 g/mol. The number of rotatable bonds is 4. The number of carbonyl (C=O) groups is 4. The highest BCUT2D eigenvalue weighted by molar-refractivity contribution is 5.88. The van der Waals surface area contributed by atoms with E-state index >= 15 is 0 Å². The first-order valence-corrected chi connectivity index (χ1v) is 7.75. The van der Waals surface area contributed by atoms with Crippen LogP contribution in [0.15, 0.2) is 0 Å². The van der Waals surface area contributed by atoms with Gasteiger partial charge in [-0.1, -0.05) is 0 Å². The van der Waals surface area contributed by atoms with E-state index in [1.165, 1.54) is 28.4 Å². The Morgan fingerprint density at radius 2 is 0.625 bits per heavy atom. The molecule has 0 spiro atoms. The zero-order valence-electron chi connectivity index (χ0n) is 13.9. The molecule has 0 atom stereocenters. The van der Waals surface area contributed by atoms with Crippen LogP contribution >= 0.6 is 0 Å². The summed E-state index contributed by atoms with van der Waals surface area (Å²) in [6, 6.07) is 0. The Bertz CT molecular complexity index is 479. The third kappa shape index (κ3) is 1.85. The van der Waals surface area contributed by atoms with Crippen molar-refractivity contribution in [2.24, 2.45) is 47.3 Å². The smallest absolute Gasteiger partial charge is 0.309 e. The van der Waals surface area contributed by atoms with Crippen LogP contribution in [0.25, 0.3) is 0 Å². The highest BCUT2D eigenvalue weighted by Gasteiger charge is 2.80. The lowest BCUT2D eigenvalue weighted by Gasteiger charge is -2.23. The van der Waals surface area contributed by atoms with Gasteiger partial charge in [0.15, 0.2) is 0 Å². The van der Waals surface area contributed by atoms with Crippen molar-refractivity contribution in [2.45, 2.75) is 0 Å². The van der Waals surface area contributed by atoms with Gasteiger partial charge in [0.2, 0.25) is 0 Å². The molecule has 0 aliphatic heterocycles. The van der Waals surface area contributed by atoms with Crippen LogP contribution in [0.3, 0.4) is 0 Å². The Morgan fingerprint density at radius 3 is 0.750 bits per heavy atom. The summed E-state index contributed by atoms with van der Waals surface area (Å²) in [7, 11) is 5.07. The molecule has 0 amide bonds. The van der Waals surface area contributed by atoms with Gasteiger partial charge in [-0.05, 0) is 23.7 Å². The lowest BCUT2D eigenvalue weighted by atomic mass is 9.82. The van der Waals surface area contributed by atoms with Crippen molar-refractivity contribution in [3.63, 3.8) is 0 Å². The summed E-state index contributed by atoms with van der Waals surface area (Å²) < 4.78 is 19.5. The molecule has 8 nitrogen and oxygen atoms in total. The molecule has 0 aromatic carbocycles. The number of hydrogen-bond donors (Lipinski definition) is 0. The molecule has 0 aromatic rings. The predicted molar refractivity (Wildman–Crippen MR) is 76.0 cm³/mol. The van der Waals surface area contributed by atoms with E-state index in [4.69, 9.17) is 18.9 Å². The molecule has 4 rings (SSSR count). The SMILES string of the molecule is COC(=O)C1C2C(C(=O)OC)C3C(C(=O)OC)C2C(C(=O)OC)C13. The number of hydrogen-bond acceptors (Lipinski definition) is 8. The van der Waals surface area contributed by atoms with Gasteiger partial charge in [0.1, 0.15) is 0 Å². The van der Waals surface area contributed by atoms with Gasteiger partial charge in [0, 0.05) is 0 Å². The zero-order chi connectivity index (χ0) is 17.8. The van der Waals surface area contributed by atoms with Gasteiger partial charge in [-0.25, -0.2) is 0 Å². The fraction of sp³-hybridized carbons (Fsp3) is 0.750. The maximum atomic E-state index is 12.3. The topological polar surface area (TPSA) is 105 Å². The van der Waals surface area contributed by atoms with Crippen LogP contribution in [0.1, 0.15) is 0 Å². The van der Waals surface area contributed by atoms with Crippen LogP contribution in [0.4, 0.5) is 0 Å². The molecule has 0 unspecified atom stereocenters. The molecule has 0 aromatic heterocycles. The maximum absolute atomic E-state index is 12.3. The summed E-state index contributed by atoms with van der Waals surface area (Å²) in [5.74, 6) is -6.25. The van der Waals surface area contributed by atoms with Crippen LogP contribution in [0.5, 0.6) is 0 Å². The lowest BCUT2D eigenvalue weighted by molar-refractivity contribution is -0.153. The Hall–Kier alpha value is -2.12. The number of esters is 4. The Balaban J connectivity index is 2.07. The van der Waals surface area contributed by atoms with Crippen molar-refractivity contribution in [3.05, 3.63) is 0 Å². The van der Waals surface area contributed by atoms with Crippen molar-refractivity contribution in [1.29, 1.82) is 0 Å². The van der Waals surface area contributed by atoms with Gasteiger partial charge < -0.3 is 18.9 Å². The van der Waals surface area contributed by atoms with Gasteiger partial charge in [-0.2, -0.15) is 0 Å². The molecule has 132 valence electrons. The first kappa shape index (κ1) is 16.7. The number of carbonyl (C=O) groups excluding carboxylic acids is 4. The van der Waals surface area contributed by atoms with Crippen molar-refractivity contribution in [3.8, 4) is 0 Å². The first-order valence-electron chi connectivity index (χ1n) is 7.75. The third-order valence-corrected chi connectivity index (χ3v) is 6.10. The molecule has 24 heavy (non-hydrogen) atoms. The fourth-order valence-electron chi connectivity index (χ4n) is 5.64. The van der Waals surface area contributed by atoms with Crippen LogP contribution < -0.4 is 0 Å². The second-order valence-electron chi connectivity index (χ2n) is 6.51. The van der Waals surface area contributed by atoms with Crippen LogP contribution in [0.2, 0.25) is 0 Å². The second-order valence-corrected chi connectivity index (χ2v) is 6.51. The van der Waals surface area contributed by atoms with Gasteiger partial charge in [-0.3, -0.25) is 19.2 Å². The predicted octanol–water partition coefficient (Wildman–Crippen LogP) is -0.351. The highest BCUT2D eigenvalue weighted by atomic mass is 16.5. The maximum Gasteiger partial charge on any atom is 0.309 e. The van der Waals surface area contributed by atoms with E-state index in [1.54, 1.807) is 0 Å². The van der Waals surface area contributed by atoms with Crippen LogP contribution in [-0.4, -0.2) is 52.3 Å². The van der Waals surface area contributed by atoms with E-state index in [9.17, 15) is 19.2 Å². The molecule has 4 bridgehead atoms. The van der Waals surface area contributed by atoms with E-state index in [2.05, 4.69) is 0 Å². The minimum atomic E-state index is -0.612. The van der Waals surface area contributed by atoms with E-state index < -0.39 is 71.2 Å². The molecule has 4 aliphatic rings. The fourth-order valence-corrected chi connectivity index (χ4v) is 5.64. The van der Waals surface area contributed by atoms with Crippen LogP contribution in [0, 0.1) is 47.3 Å². The summed E-state index contributed by atoms with van der Waals surface area (Å²) >= 11 is 0. The summed E-state index contributed by atoms with van der Waals surface area (Å²) in [6.07, 6.45) is 0. The zero-order valence-corrected chi connectivity index (χ0v) is 13.9. The van der Waals surface area contributed by atoms with E-state index in [-0.39, 0.29) is 0 Å². The van der Waals surface area contributed by atoms with Gasteiger partial charge in [0.05, 0.1) is 52.1 Å². The summed E-state index contributed by atoms with van der Waals surface area (Å²) in [6.45, 7) is 0. The van der Waals surface area contributed by atoms with Crippen molar-refractivity contribution >= 4 is 23.9 Å². The van der Waals surface area contributed by atoms with Crippen molar-refractivity contribution in [2.75, 3.05) is 28.4 Å². The third-order valence-electron chi connectivity index (χ3n) is 6.10. The van der Waals surface area contributed by atoms with Crippen molar-refractivity contribution in [1.82, 2.24) is 0 Å².